The number of hydrogen-bond acceptors (Lipinski definition) is 3. The largest absolute Gasteiger partial charge is 0.257 e. The van der Waals surface area contributed by atoms with E-state index >= 15 is 0 Å². The number of nitrogens with zero attached hydrogens (tertiary/aromatic N) is 1. The van der Waals surface area contributed by atoms with Crippen molar-refractivity contribution in [3.05, 3.63) is 29.6 Å². The van der Waals surface area contributed by atoms with E-state index in [0.29, 0.717) is 0 Å². The summed E-state index contributed by atoms with van der Waals surface area (Å²) in [5.41, 5.74) is 2.47. The first-order valence-electron chi connectivity index (χ1n) is 11.5. The maximum absolute atomic E-state index is 6.24. The van der Waals surface area contributed by atoms with E-state index in [1.165, 1.54) is 87.4 Å². The Labute approximate surface area is 185 Å². The van der Waals surface area contributed by atoms with Gasteiger partial charge >= 0.3 is 0 Å². The van der Waals surface area contributed by atoms with E-state index < -0.39 is 12.1 Å². The lowest BCUT2D eigenvalue weighted by Crippen LogP contribution is -2.04. The Hall–Kier alpha value is 0.450. The topological polar surface area (TPSA) is 12.9 Å². The summed E-state index contributed by atoms with van der Waals surface area (Å²) in [7, 11) is 0. The molecule has 0 bridgehead atoms. The van der Waals surface area contributed by atoms with Gasteiger partial charge < -0.3 is 0 Å². The van der Waals surface area contributed by atoms with Crippen LogP contribution >= 0.6 is 12.1 Å². The van der Waals surface area contributed by atoms with E-state index in [9.17, 15) is 0 Å². The van der Waals surface area contributed by atoms with Crippen LogP contribution in [0.2, 0.25) is 0 Å². The van der Waals surface area contributed by atoms with Gasteiger partial charge in [0.25, 0.3) is 0 Å². The first-order valence-corrected chi connectivity index (χ1v) is 18.2. The molecule has 28 heavy (non-hydrogen) atoms. The van der Waals surface area contributed by atoms with Crippen molar-refractivity contribution in [2.24, 2.45) is 0 Å². The summed E-state index contributed by atoms with van der Waals surface area (Å²) in [6.07, 6.45) is 17.1. The fourth-order valence-electron chi connectivity index (χ4n) is 3.62. The van der Waals surface area contributed by atoms with Crippen molar-refractivity contribution in [2.45, 2.75) is 91.4 Å². The molecule has 0 aromatic carbocycles. The zero-order valence-corrected chi connectivity index (χ0v) is 22.2. The summed E-state index contributed by atoms with van der Waals surface area (Å²) in [5, 5.41) is 0. The highest BCUT2D eigenvalue weighted by Gasteiger charge is 2.20. The minimum Gasteiger partial charge on any atom is -0.257 e. The first kappa shape index (κ1) is 26.5. The second-order valence-corrected chi connectivity index (χ2v) is 19.7. The lowest BCUT2D eigenvalue weighted by molar-refractivity contribution is 0.861. The third-order valence-electron chi connectivity index (χ3n) is 5.44. The molecule has 5 heteroatoms. The molecule has 0 saturated heterocycles. The van der Waals surface area contributed by atoms with Crippen LogP contribution in [0.15, 0.2) is 18.2 Å². The Morgan fingerprint density at radius 1 is 0.643 bits per heavy atom. The molecule has 0 radical (unpaired) electrons. The van der Waals surface area contributed by atoms with Gasteiger partial charge in [-0.2, -0.15) is 0 Å². The molecular formula is C23H43NP2S2. The highest BCUT2D eigenvalue weighted by atomic mass is 32.4. The summed E-state index contributed by atoms with van der Waals surface area (Å²) in [6, 6.07) is 3.98. The van der Waals surface area contributed by atoms with E-state index in [4.69, 9.17) is 28.6 Å². The molecule has 0 fully saturated rings. The molecule has 0 aliphatic rings. The highest BCUT2D eigenvalue weighted by molar-refractivity contribution is 8.14. The average Bonchev–Trinajstić information content (AvgIpc) is 2.68. The van der Waals surface area contributed by atoms with Crippen LogP contribution in [0, 0.1) is 0 Å². The molecule has 1 nitrogen and oxygen atoms in total. The minimum absolute atomic E-state index is 1.04. The number of unbranched alkanes of at least 4 members (excludes halogenated alkanes) is 4. The van der Waals surface area contributed by atoms with Crippen LogP contribution in [0.4, 0.5) is 0 Å². The number of rotatable bonds is 16. The van der Waals surface area contributed by atoms with Gasteiger partial charge in [-0.15, -0.1) is 0 Å². The Morgan fingerprint density at radius 2 is 0.964 bits per heavy atom. The van der Waals surface area contributed by atoms with Crippen molar-refractivity contribution in [1.82, 2.24) is 4.98 Å². The molecule has 0 unspecified atom stereocenters. The molecule has 162 valence electrons. The zero-order valence-electron chi connectivity index (χ0n) is 18.8. The van der Waals surface area contributed by atoms with Gasteiger partial charge in [-0.05, 0) is 74.5 Å². The quantitative estimate of drug-likeness (QED) is 0.231. The minimum atomic E-state index is -1.33. The van der Waals surface area contributed by atoms with E-state index in [1.54, 1.807) is 0 Å². The van der Waals surface area contributed by atoms with Crippen LogP contribution in [-0.2, 0) is 35.9 Å². The van der Waals surface area contributed by atoms with Crippen LogP contribution in [0.1, 0.15) is 90.4 Å². The van der Waals surface area contributed by atoms with Gasteiger partial charge in [0.05, 0.1) is 0 Å². The van der Waals surface area contributed by atoms with Crippen molar-refractivity contribution in [3.63, 3.8) is 0 Å². The summed E-state index contributed by atoms with van der Waals surface area (Å²) < 4.78 is 0. The van der Waals surface area contributed by atoms with Gasteiger partial charge in [-0.25, -0.2) is 0 Å². The molecule has 0 amide bonds. The molecule has 1 heterocycles. The molecule has 0 N–H and O–H groups in total. The molecule has 1 aromatic rings. The molecule has 0 aliphatic heterocycles. The fraction of sp³-hybridized carbons (Fsp3) is 0.783. The molecule has 0 saturated carbocycles. The lowest BCUT2D eigenvalue weighted by atomic mass is 10.3. The molecule has 1 aromatic heterocycles. The molecule has 0 aliphatic carbocycles. The maximum Gasteiger partial charge on any atom is 0.0457 e. The van der Waals surface area contributed by atoms with Crippen molar-refractivity contribution >= 4 is 35.7 Å². The van der Waals surface area contributed by atoms with E-state index in [-0.39, 0.29) is 0 Å². The second-order valence-electron chi connectivity index (χ2n) is 8.36. The lowest BCUT2D eigenvalue weighted by Gasteiger charge is -2.23. The van der Waals surface area contributed by atoms with Crippen molar-refractivity contribution < 1.29 is 0 Å². The number of aromatic nitrogens is 1. The van der Waals surface area contributed by atoms with Crippen molar-refractivity contribution in [1.29, 1.82) is 0 Å². The smallest absolute Gasteiger partial charge is 0.0457 e. The highest BCUT2D eigenvalue weighted by Crippen LogP contribution is 2.52. The van der Waals surface area contributed by atoms with E-state index in [1.807, 2.05) is 0 Å². The monoisotopic (exact) mass is 459 g/mol. The van der Waals surface area contributed by atoms with Crippen LogP contribution in [0.5, 0.6) is 0 Å². The van der Waals surface area contributed by atoms with Crippen LogP contribution in [0.25, 0.3) is 0 Å². The normalized spacial score (nSPS) is 12.4. The Morgan fingerprint density at radius 3 is 1.25 bits per heavy atom. The second kappa shape index (κ2) is 14.5. The van der Waals surface area contributed by atoms with Crippen LogP contribution in [0.3, 0.4) is 0 Å². The Balaban J connectivity index is 2.92. The maximum atomic E-state index is 6.24. The zero-order chi connectivity index (χ0) is 20.9. The summed E-state index contributed by atoms with van der Waals surface area (Å²) in [4.78, 5) is 5.10. The van der Waals surface area contributed by atoms with E-state index in [0.717, 1.165) is 12.3 Å². The van der Waals surface area contributed by atoms with Gasteiger partial charge in [-0.3, -0.25) is 4.98 Å². The van der Waals surface area contributed by atoms with Gasteiger partial charge in [0, 0.05) is 23.7 Å². The van der Waals surface area contributed by atoms with Gasteiger partial charge in [-0.1, -0.05) is 83.1 Å². The molecule has 0 atom stereocenters. The van der Waals surface area contributed by atoms with Gasteiger partial charge in [0.15, 0.2) is 0 Å². The Kier molecular flexibility index (Phi) is 13.7. The van der Waals surface area contributed by atoms with Gasteiger partial charge in [0.2, 0.25) is 0 Å². The molecular weight excluding hydrogens is 416 g/mol. The third kappa shape index (κ3) is 10.5. The fourth-order valence-corrected chi connectivity index (χ4v) is 12.1. The predicted octanol–water partition coefficient (Wildman–Crippen LogP) is 8.24. The SMILES string of the molecule is CCCCP(=S)(CCCC)Cc1cccc(CP(=S)(CCCC)CCCC)n1. The first-order chi connectivity index (χ1) is 13.4. The Bertz CT molecular complexity index is 570. The van der Waals surface area contributed by atoms with Crippen molar-refractivity contribution in [2.75, 3.05) is 24.6 Å². The predicted molar refractivity (Wildman–Crippen MR) is 139 cm³/mol. The van der Waals surface area contributed by atoms with Gasteiger partial charge in [0.1, 0.15) is 0 Å². The summed E-state index contributed by atoms with van der Waals surface area (Å²) >= 11 is 12.5. The standard InChI is InChI=1S/C23H43NP2S2/c1-5-9-16-25(27,17-10-6-2)20-22-14-13-15-23(24-22)21-26(28,18-11-7-3)19-12-8-4/h13-15H,5-12,16-21H2,1-4H3. The van der Waals surface area contributed by atoms with Crippen molar-refractivity contribution in [3.8, 4) is 0 Å². The third-order valence-corrected chi connectivity index (χ3v) is 14.7. The molecule has 0 spiro atoms. The van der Waals surface area contributed by atoms with Crippen LogP contribution in [-0.4, -0.2) is 29.6 Å². The number of hydrogen-bond donors (Lipinski definition) is 0. The number of pyridine rings is 1. The summed E-state index contributed by atoms with van der Waals surface area (Å²) in [5.74, 6) is 0. The molecule has 1 rings (SSSR count). The summed E-state index contributed by atoms with van der Waals surface area (Å²) in [6.45, 7) is 9.10. The average molecular weight is 460 g/mol. The van der Waals surface area contributed by atoms with Crippen LogP contribution < -0.4 is 0 Å². The van der Waals surface area contributed by atoms with E-state index in [2.05, 4.69) is 45.9 Å².